The van der Waals surface area contributed by atoms with E-state index in [2.05, 4.69) is 5.32 Å². The second-order valence-electron chi connectivity index (χ2n) is 6.23. The van der Waals surface area contributed by atoms with Crippen LogP contribution in [0.1, 0.15) is 30.7 Å². The highest BCUT2D eigenvalue weighted by Gasteiger charge is 2.49. The van der Waals surface area contributed by atoms with Gasteiger partial charge in [-0.15, -0.1) is 0 Å². The minimum absolute atomic E-state index is 0.183. The van der Waals surface area contributed by atoms with Gasteiger partial charge in [0.05, 0.1) is 18.6 Å². The molecule has 3 unspecified atom stereocenters. The summed E-state index contributed by atoms with van der Waals surface area (Å²) >= 11 is 6.03. The first kappa shape index (κ1) is 16.2. The van der Waals surface area contributed by atoms with E-state index in [1.54, 1.807) is 6.07 Å². The van der Waals surface area contributed by atoms with Crippen molar-refractivity contribution in [3.8, 4) is 0 Å². The van der Waals surface area contributed by atoms with E-state index in [0.29, 0.717) is 30.0 Å². The van der Waals surface area contributed by atoms with Crippen LogP contribution >= 0.6 is 11.6 Å². The highest BCUT2D eigenvalue weighted by Crippen LogP contribution is 2.50. The molecule has 1 aromatic carbocycles. The molecular weight excluding hydrogens is 325 g/mol. The number of carbonyl (C=O) groups excluding carboxylic acids is 1. The van der Waals surface area contributed by atoms with E-state index in [9.17, 15) is 14.0 Å². The van der Waals surface area contributed by atoms with E-state index >= 15 is 0 Å². The van der Waals surface area contributed by atoms with Gasteiger partial charge in [-0.05, 0) is 25.0 Å². The standard InChI is InChI=1S/C16H17ClFNO4/c17-11-2-1-3-12(18)14(11)9-6-10(9)15(22)19-16(7-13(20)21)4-5-23-8-16/h1-3,9-10H,4-8H2,(H,19,22)(H,20,21). The van der Waals surface area contributed by atoms with Gasteiger partial charge < -0.3 is 15.2 Å². The fraction of sp³-hybridized carbons (Fsp3) is 0.500. The van der Waals surface area contributed by atoms with Crippen molar-refractivity contribution < 1.29 is 23.8 Å². The third kappa shape index (κ3) is 3.33. The van der Waals surface area contributed by atoms with Crippen LogP contribution in [0.4, 0.5) is 4.39 Å². The summed E-state index contributed by atoms with van der Waals surface area (Å²) in [7, 11) is 0. The van der Waals surface area contributed by atoms with Gasteiger partial charge in [-0.1, -0.05) is 17.7 Å². The molecule has 1 amide bonds. The monoisotopic (exact) mass is 341 g/mol. The van der Waals surface area contributed by atoms with Crippen LogP contribution in [0.3, 0.4) is 0 Å². The summed E-state index contributed by atoms with van der Waals surface area (Å²) in [5.41, 5.74) is -0.501. The van der Waals surface area contributed by atoms with Crippen LogP contribution in [0.2, 0.25) is 5.02 Å². The molecule has 1 aliphatic heterocycles. The molecule has 3 rings (SSSR count). The molecule has 1 aliphatic carbocycles. The summed E-state index contributed by atoms with van der Waals surface area (Å²) in [5.74, 6) is -2.30. The molecule has 1 saturated carbocycles. The molecule has 0 radical (unpaired) electrons. The molecule has 7 heteroatoms. The Bertz CT molecular complexity index is 625. The van der Waals surface area contributed by atoms with Crippen molar-refractivity contribution in [3.63, 3.8) is 0 Å². The molecule has 3 atom stereocenters. The van der Waals surface area contributed by atoms with Crippen molar-refractivity contribution in [3.05, 3.63) is 34.6 Å². The van der Waals surface area contributed by atoms with E-state index in [0.717, 1.165) is 0 Å². The lowest BCUT2D eigenvalue weighted by Crippen LogP contribution is -2.51. The number of carbonyl (C=O) groups is 2. The predicted octanol–water partition coefficient (Wildman–Crippen LogP) is 2.33. The van der Waals surface area contributed by atoms with Crippen molar-refractivity contribution in [2.45, 2.75) is 30.7 Å². The molecule has 5 nitrogen and oxygen atoms in total. The van der Waals surface area contributed by atoms with Crippen LogP contribution < -0.4 is 5.32 Å². The number of carboxylic acid groups (broad SMARTS) is 1. The molecule has 0 bridgehead atoms. The van der Waals surface area contributed by atoms with Crippen LogP contribution in [0, 0.1) is 11.7 Å². The summed E-state index contributed by atoms with van der Waals surface area (Å²) in [5, 5.41) is 12.2. The van der Waals surface area contributed by atoms with Crippen LogP contribution in [0.25, 0.3) is 0 Å². The zero-order valence-electron chi connectivity index (χ0n) is 12.4. The molecule has 0 aromatic heterocycles. The number of rotatable bonds is 5. The molecule has 124 valence electrons. The van der Waals surface area contributed by atoms with Crippen molar-refractivity contribution in [2.24, 2.45) is 5.92 Å². The summed E-state index contributed by atoms with van der Waals surface area (Å²) in [6, 6.07) is 4.45. The fourth-order valence-corrected chi connectivity index (χ4v) is 3.50. The third-order valence-electron chi connectivity index (χ3n) is 4.48. The zero-order chi connectivity index (χ0) is 16.6. The Labute approximate surface area is 137 Å². The number of halogens is 2. The maximum absolute atomic E-state index is 13.9. The molecule has 2 fully saturated rings. The molecule has 2 aliphatic rings. The molecule has 1 aromatic rings. The SMILES string of the molecule is O=C(O)CC1(NC(=O)C2CC2c2c(F)cccc2Cl)CCOC1. The van der Waals surface area contributed by atoms with Gasteiger partial charge in [-0.25, -0.2) is 4.39 Å². The number of amides is 1. The molecule has 2 N–H and O–H groups in total. The summed E-state index contributed by atoms with van der Waals surface area (Å²) in [6.45, 7) is 0.601. The number of benzene rings is 1. The molecular formula is C16H17ClFNO4. The maximum Gasteiger partial charge on any atom is 0.305 e. The quantitative estimate of drug-likeness (QED) is 0.862. The van der Waals surface area contributed by atoms with Crippen molar-refractivity contribution in [2.75, 3.05) is 13.2 Å². The van der Waals surface area contributed by atoms with Gasteiger partial charge in [0.25, 0.3) is 0 Å². The van der Waals surface area contributed by atoms with Gasteiger partial charge in [-0.3, -0.25) is 9.59 Å². The average Bonchev–Trinajstić information content (AvgIpc) is 3.12. The number of hydrogen-bond donors (Lipinski definition) is 2. The number of aliphatic carboxylic acids is 1. The van der Waals surface area contributed by atoms with E-state index < -0.39 is 17.3 Å². The first-order valence-corrected chi connectivity index (χ1v) is 7.85. The summed E-state index contributed by atoms with van der Waals surface area (Å²) < 4.78 is 19.2. The van der Waals surface area contributed by atoms with Gasteiger partial charge >= 0.3 is 5.97 Å². The van der Waals surface area contributed by atoms with Gasteiger partial charge in [0, 0.05) is 29.0 Å². The molecule has 1 heterocycles. The Balaban J connectivity index is 1.69. The van der Waals surface area contributed by atoms with Crippen LogP contribution in [0.5, 0.6) is 0 Å². The minimum atomic E-state index is -0.986. The second kappa shape index (κ2) is 6.09. The Morgan fingerprint density at radius 1 is 1.48 bits per heavy atom. The van der Waals surface area contributed by atoms with Gasteiger partial charge in [-0.2, -0.15) is 0 Å². The number of hydrogen-bond acceptors (Lipinski definition) is 3. The Morgan fingerprint density at radius 3 is 2.87 bits per heavy atom. The van der Waals surface area contributed by atoms with E-state index in [4.69, 9.17) is 21.4 Å². The average molecular weight is 342 g/mol. The van der Waals surface area contributed by atoms with Crippen LogP contribution in [-0.2, 0) is 14.3 Å². The van der Waals surface area contributed by atoms with Crippen molar-refractivity contribution in [1.82, 2.24) is 5.32 Å². The predicted molar refractivity (Wildman–Crippen MR) is 80.8 cm³/mol. The van der Waals surface area contributed by atoms with Gasteiger partial charge in [0.1, 0.15) is 5.82 Å². The normalized spacial score (nSPS) is 29.3. The van der Waals surface area contributed by atoms with E-state index in [1.807, 2.05) is 0 Å². The highest BCUT2D eigenvalue weighted by atomic mass is 35.5. The summed E-state index contributed by atoms with van der Waals surface area (Å²) in [6.07, 6.45) is 0.788. The second-order valence-corrected chi connectivity index (χ2v) is 6.63. The van der Waals surface area contributed by atoms with Crippen molar-refractivity contribution >= 4 is 23.5 Å². The largest absolute Gasteiger partial charge is 0.481 e. The van der Waals surface area contributed by atoms with E-state index in [1.165, 1.54) is 12.1 Å². The third-order valence-corrected chi connectivity index (χ3v) is 4.81. The topological polar surface area (TPSA) is 75.6 Å². The lowest BCUT2D eigenvalue weighted by atomic mass is 9.94. The van der Waals surface area contributed by atoms with Crippen molar-refractivity contribution in [1.29, 1.82) is 0 Å². The lowest BCUT2D eigenvalue weighted by Gasteiger charge is -2.27. The van der Waals surface area contributed by atoms with Crippen LogP contribution in [-0.4, -0.2) is 35.7 Å². The number of nitrogens with one attached hydrogen (secondary N) is 1. The lowest BCUT2D eigenvalue weighted by molar-refractivity contribution is -0.139. The Kier molecular flexibility index (Phi) is 4.29. The smallest absolute Gasteiger partial charge is 0.305 e. The molecule has 1 saturated heterocycles. The Morgan fingerprint density at radius 2 is 2.26 bits per heavy atom. The number of carboxylic acids is 1. The minimum Gasteiger partial charge on any atom is -0.481 e. The zero-order valence-corrected chi connectivity index (χ0v) is 13.1. The van der Waals surface area contributed by atoms with Gasteiger partial charge in [0.2, 0.25) is 5.91 Å². The Hall–Kier alpha value is -1.66. The first-order valence-electron chi connectivity index (χ1n) is 7.47. The van der Waals surface area contributed by atoms with E-state index in [-0.39, 0.29) is 30.8 Å². The van der Waals surface area contributed by atoms with Gasteiger partial charge in [0.15, 0.2) is 0 Å². The highest BCUT2D eigenvalue weighted by molar-refractivity contribution is 6.31. The summed E-state index contributed by atoms with van der Waals surface area (Å²) in [4.78, 5) is 23.5. The molecule has 23 heavy (non-hydrogen) atoms. The first-order chi connectivity index (χ1) is 10.9. The van der Waals surface area contributed by atoms with Crippen LogP contribution in [0.15, 0.2) is 18.2 Å². The maximum atomic E-state index is 13.9. The number of ether oxygens (including phenoxy) is 1. The molecule has 0 spiro atoms. The fourth-order valence-electron chi connectivity index (χ4n) is 3.20.